The smallest absolute Gasteiger partial charge is 0.125 e. The highest BCUT2D eigenvalue weighted by molar-refractivity contribution is 9.10. The highest BCUT2D eigenvalue weighted by atomic mass is 79.9. The molecule has 0 saturated heterocycles. The molecule has 3 nitrogen and oxygen atoms in total. The molecule has 5 heteroatoms. The summed E-state index contributed by atoms with van der Waals surface area (Å²) >= 11 is 9.66. The molecular formula is C15H15BrClNO2. The summed E-state index contributed by atoms with van der Waals surface area (Å²) < 4.78 is 11.5. The number of anilines is 1. The molecule has 1 N–H and O–H groups in total. The van der Waals surface area contributed by atoms with E-state index in [0.717, 1.165) is 27.2 Å². The third kappa shape index (κ3) is 3.58. The Hall–Kier alpha value is -1.39. The maximum atomic E-state index is 6.21. The van der Waals surface area contributed by atoms with E-state index in [-0.39, 0.29) is 0 Å². The quantitative estimate of drug-likeness (QED) is 0.840. The van der Waals surface area contributed by atoms with Crippen LogP contribution in [0.25, 0.3) is 0 Å². The van der Waals surface area contributed by atoms with E-state index in [9.17, 15) is 0 Å². The summed E-state index contributed by atoms with van der Waals surface area (Å²) in [6.45, 7) is 0.572. The Kier molecular flexibility index (Phi) is 5.15. The molecule has 0 radical (unpaired) electrons. The molecule has 0 aliphatic rings. The zero-order chi connectivity index (χ0) is 14.5. The normalized spacial score (nSPS) is 10.2. The van der Waals surface area contributed by atoms with Gasteiger partial charge in [-0.25, -0.2) is 0 Å². The summed E-state index contributed by atoms with van der Waals surface area (Å²) in [5.41, 5.74) is 1.87. The lowest BCUT2D eigenvalue weighted by atomic mass is 10.2. The summed E-state index contributed by atoms with van der Waals surface area (Å²) in [4.78, 5) is 0. The van der Waals surface area contributed by atoms with E-state index in [1.165, 1.54) is 0 Å². The molecule has 0 heterocycles. The fraction of sp³-hybridized carbons (Fsp3) is 0.200. The van der Waals surface area contributed by atoms with Crippen LogP contribution in [0.4, 0.5) is 5.69 Å². The topological polar surface area (TPSA) is 30.5 Å². The third-order valence-corrected chi connectivity index (χ3v) is 3.68. The molecule has 0 aromatic heterocycles. The fourth-order valence-electron chi connectivity index (χ4n) is 1.87. The second-order valence-electron chi connectivity index (χ2n) is 4.15. The van der Waals surface area contributed by atoms with Crippen LogP contribution in [0, 0.1) is 0 Å². The van der Waals surface area contributed by atoms with E-state index < -0.39 is 0 Å². The molecule has 0 saturated carbocycles. The molecule has 0 atom stereocenters. The molecule has 0 aliphatic carbocycles. The van der Waals surface area contributed by atoms with Gasteiger partial charge in [0.15, 0.2) is 0 Å². The van der Waals surface area contributed by atoms with Crippen molar-refractivity contribution in [1.82, 2.24) is 0 Å². The van der Waals surface area contributed by atoms with Gasteiger partial charge in [-0.05, 0) is 24.3 Å². The zero-order valence-electron chi connectivity index (χ0n) is 11.2. The monoisotopic (exact) mass is 355 g/mol. The van der Waals surface area contributed by atoms with Crippen molar-refractivity contribution in [3.63, 3.8) is 0 Å². The molecule has 0 amide bonds. The molecule has 0 spiro atoms. The van der Waals surface area contributed by atoms with Crippen molar-refractivity contribution in [2.24, 2.45) is 0 Å². The Labute approximate surface area is 132 Å². The van der Waals surface area contributed by atoms with Gasteiger partial charge in [0.05, 0.1) is 14.2 Å². The minimum Gasteiger partial charge on any atom is -0.497 e. The van der Waals surface area contributed by atoms with Crippen LogP contribution < -0.4 is 14.8 Å². The van der Waals surface area contributed by atoms with Gasteiger partial charge < -0.3 is 14.8 Å². The van der Waals surface area contributed by atoms with E-state index in [4.69, 9.17) is 21.1 Å². The van der Waals surface area contributed by atoms with Gasteiger partial charge in [0.2, 0.25) is 0 Å². The predicted molar refractivity (Wildman–Crippen MR) is 86.0 cm³/mol. The maximum absolute atomic E-state index is 6.21. The average molecular weight is 357 g/mol. The first kappa shape index (κ1) is 15.0. The predicted octanol–water partition coefficient (Wildman–Crippen LogP) is 4.73. The van der Waals surface area contributed by atoms with Crippen LogP contribution >= 0.6 is 27.5 Å². The number of hydrogen-bond acceptors (Lipinski definition) is 3. The summed E-state index contributed by atoms with van der Waals surface area (Å²) in [6, 6.07) is 11.4. The minimum atomic E-state index is 0.572. The van der Waals surface area contributed by atoms with Crippen molar-refractivity contribution in [1.29, 1.82) is 0 Å². The van der Waals surface area contributed by atoms with Gasteiger partial charge in [0.1, 0.15) is 11.5 Å². The first-order valence-electron chi connectivity index (χ1n) is 6.04. The summed E-state index contributed by atoms with van der Waals surface area (Å²) in [5.74, 6) is 1.56. The first-order valence-corrected chi connectivity index (χ1v) is 7.21. The van der Waals surface area contributed by atoms with Gasteiger partial charge >= 0.3 is 0 Å². The van der Waals surface area contributed by atoms with Gasteiger partial charge in [0.25, 0.3) is 0 Å². The van der Waals surface area contributed by atoms with Crippen molar-refractivity contribution in [3.05, 3.63) is 51.5 Å². The lowest BCUT2D eigenvalue weighted by Gasteiger charge is -2.13. The van der Waals surface area contributed by atoms with E-state index >= 15 is 0 Å². The van der Waals surface area contributed by atoms with Crippen LogP contribution in [0.1, 0.15) is 5.56 Å². The lowest BCUT2D eigenvalue weighted by molar-refractivity contribution is 0.410. The molecule has 2 rings (SSSR count). The molecule has 20 heavy (non-hydrogen) atoms. The standard InChI is InChI=1S/C15H15BrClNO2/c1-19-12-7-10(16)6-11(8-12)18-9-13-14(17)4-3-5-15(13)20-2/h3-8,18H,9H2,1-2H3. The summed E-state index contributed by atoms with van der Waals surface area (Å²) in [7, 11) is 3.28. The average Bonchev–Trinajstić information content (AvgIpc) is 2.45. The maximum Gasteiger partial charge on any atom is 0.125 e. The Morgan fingerprint density at radius 1 is 1.15 bits per heavy atom. The van der Waals surface area contributed by atoms with E-state index in [0.29, 0.717) is 11.6 Å². The van der Waals surface area contributed by atoms with E-state index in [2.05, 4.69) is 21.2 Å². The van der Waals surface area contributed by atoms with Gasteiger partial charge in [-0.3, -0.25) is 0 Å². The number of ether oxygens (including phenoxy) is 2. The van der Waals surface area contributed by atoms with Crippen molar-refractivity contribution in [2.75, 3.05) is 19.5 Å². The van der Waals surface area contributed by atoms with E-state index in [1.807, 2.05) is 36.4 Å². The van der Waals surface area contributed by atoms with Crippen molar-refractivity contribution in [3.8, 4) is 11.5 Å². The summed E-state index contributed by atoms with van der Waals surface area (Å²) in [6.07, 6.45) is 0. The molecular weight excluding hydrogens is 342 g/mol. The Balaban J connectivity index is 2.19. The second kappa shape index (κ2) is 6.86. The van der Waals surface area contributed by atoms with Crippen molar-refractivity contribution < 1.29 is 9.47 Å². The second-order valence-corrected chi connectivity index (χ2v) is 5.48. The van der Waals surface area contributed by atoms with Crippen LogP contribution in [0.3, 0.4) is 0 Å². The zero-order valence-corrected chi connectivity index (χ0v) is 13.6. The number of nitrogens with one attached hydrogen (secondary N) is 1. The van der Waals surface area contributed by atoms with Gasteiger partial charge in [-0.2, -0.15) is 0 Å². The lowest BCUT2D eigenvalue weighted by Crippen LogP contribution is -2.02. The van der Waals surface area contributed by atoms with Crippen LogP contribution in [0.2, 0.25) is 5.02 Å². The highest BCUT2D eigenvalue weighted by Gasteiger charge is 2.08. The molecule has 2 aromatic carbocycles. The van der Waals surface area contributed by atoms with Crippen LogP contribution in [-0.4, -0.2) is 14.2 Å². The minimum absolute atomic E-state index is 0.572. The number of hydrogen-bond donors (Lipinski definition) is 1. The van der Waals surface area contributed by atoms with Crippen LogP contribution in [0.15, 0.2) is 40.9 Å². The first-order chi connectivity index (χ1) is 9.63. The SMILES string of the molecule is COc1cc(Br)cc(NCc2c(Cl)cccc2OC)c1. The van der Waals surface area contributed by atoms with Gasteiger partial charge in [0, 0.05) is 33.4 Å². The number of benzene rings is 2. The molecule has 0 bridgehead atoms. The Morgan fingerprint density at radius 2 is 1.95 bits per heavy atom. The highest BCUT2D eigenvalue weighted by Crippen LogP contribution is 2.29. The fourth-order valence-corrected chi connectivity index (χ4v) is 2.58. The van der Waals surface area contributed by atoms with Crippen molar-refractivity contribution in [2.45, 2.75) is 6.54 Å². The van der Waals surface area contributed by atoms with Gasteiger partial charge in [-0.1, -0.05) is 33.6 Å². The molecule has 0 unspecified atom stereocenters. The molecule has 106 valence electrons. The molecule has 0 aliphatic heterocycles. The molecule has 0 fully saturated rings. The Morgan fingerprint density at radius 3 is 2.65 bits per heavy atom. The molecule has 2 aromatic rings. The largest absolute Gasteiger partial charge is 0.497 e. The number of methoxy groups -OCH3 is 2. The van der Waals surface area contributed by atoms with Gasteiger partial charge in [-0.15, -0.1) is 0 Å². The van der Waals surface area contributed by atoms with Crippen molar-refractivity contribution >= 4 is 33.2 Å². The van der Waals surface area contributed by atoms with E-state index in [1.54, 1.807) is 14.2 Å². The third-order valence-electron chi connectivity index (χ3n) is 2.87. The number of rotatable bonds is 5. The Bertz CT molecular complexity index is 604. The van der Waals surface area contributed by atoms with Crippen LogP contribution in [0.5, 0.6) is 11.5 Å². The number of halogens is 2. The van der Waals surface area contributed by atoms with Crippen LogP contribution in [-0.2, 0) is 6.54 Å². The summed E-state index contributed by atoms with van der Waals surface area (Å²) in [5, 5.41) is 4.00.